The van der Waals surface area contributed by atoms with Crippen LogP contribution in [0.4, 0.5) is 11.5 Å². The topological polar surface area (TPSA) is 80.2 Å². The summed E-state index contributed by atoms with van der Waals surface area (Å²) in [6.45, 7) is 4.79. The van der Waals surface area contributed by atoms with Crippen molar-refractivity contribution < 1.29 is 9.53 Å². The maximum absolute atomic E-state index is 12.8. The van der Waals surface area contributed by atoms with Gasteiger partial charge in [0.1, 0.15) is 17.8 Å². The molecule has 3 heterocycles. The molecule has 27 heavy (non-hydrogen) atoms. The number of morpholine rings is 1. The number of carbonyl (C=O) groups excluding carboxylic acids is 1. The Hall–Kier alpha value is -2.84. The summed E-state index contributed by atoms with van der Waals surface area (Å²) in [6, 6.07) is 9.35. The molecule has 0 aliphatic carbocycles. The predicted octanol–water partition coefficient (Wildman–Crippen LogP) is 3.00. The average molecular weight is 381 g/mol. The lowest BCUT2D eigenvalue weighted by Gasteiger charge is -2.27. The zero-order chi connectivity index (χ0) is 18.6. The molecule has 0 unspecified atom stereocenters. The van der Waals surface area contributed by atoms with Crippen LogP contribution in [0, 0.1) is 6.92 Å². The largest absolute Gasteiger partial charge is 0.378 e. The molecule has 8 heteroatoms. The molecule has 7 nitrogen and oxygen atoms in total. The van der Waals surface area contributed by atoms with Crippen LogP contribution in [-0.4, -0.2) is 47.2 Å². The van der Waals surface area contributed by atoms with Crippen molar-refractivity contribution in [2.24, 2.45) is 0 Å². The molecule has 1 saturated heterocycles. The smallest absolute Gasteiger partial charge is 0.274 e. The van der Waals surface area contributed by atoms with Crippen molar-refractivity contribution >= 4 is 28.7 Å². The van der Waals surface area contributed by atoms with Crippen molar-refractivity contribution in [3.05, 3.63) is 52.7 Å². The summed E-state index contributed by atoms with van der Waals surface area (Å²) in [7, 11) is 0. The molecule has 138 valence electrons. The first-order valence-electron chi connectivity index (χ1n) is 8.68. The molecule has 4 rings (SSSR count). The number of ether oxygens (including phenoxy) is 1. The van der Waals surface area contributed by atoms with Gasteiger partial charge in [-0.1, -0.05) is 18.2 Å². The first-order valence-corrected chi connectivity index (χ1v) is 9.56. The lowest BCUT2D eigenvalue weighted by Crippen LogP contribution is -2.37. The number of amides is 1. The number of rotatable bonds is 4. The fourth-order valence-electron chi connectivity index (χ4n) is 2.93. The summed E-state index contributed by atoms with van der Waals surface area (Å²) in [6.07, 6.45) is 1.43. The number of anilines is 2. The molecule has 0 atom stereocenters. The molecule has 1 fully saturated rings. The first kappa shape index (κ1) is 17.6. The van der Waals surface area contributed by atoms with Gasteiger partial charge in [0.2, 0.25) is 0 Å². The minimum Gasteiger partial charge on any atom is -0.378 e. The number of aromatic nitrogens is 3. The van der Waals surface area contributed by atoms with Gasteiger partial charge in [0.15, 0.2) is 0 Å². The SMILES string of the molecule is Cc1nc(-c2ccccc2NC(=O)c2cc(N3CCOCC3)ncn2)cs1. The molecular formula is C19H19N5O2S. The molecule has 1 aliphatic rings. The quantitative estimate of drug-likeness (QED) is 0.748. The number of nitrogens with one attached hydrogen (secondary N) is 1. The molecule has 1 aromatic carbocycles. The number of thiazole rings is 1. The van der Waals surface area contributed by atoms with E-state index in [1.165, 1.54) is 6.33 Å². The Morgan fingerprint density at radius 3 is 2.81 bits per heavy atom. The van der Waals surface area contributed by atoms with E-state index in [1.807, 2.05) is 36.6 Å². The van der Waals surface area contributed by atoms with Crippen molar-refractivity contribution in [3.63, 3.8) is 0 Å². The van der Waals surface area contributed by atoms with Gasteiger partial charge in [-0.25, -0.2) is 15.0 Å². The van der Waals surface area contributed by atoms with Crippen molar-refractivity contribution in [3.8, 4) is 11.3 Å². The normalized spacial score (nSPS) is 14.2. The van der Waals surface area contributed by atoms with Gasteiger partial charge in [0.05, 0.1) is 29.6 Å². The lowest BCUT2D eigenvalue weighted by molar-refractivity contribution is 0.102. The van der Waals surface area contributed by atoms with Crippen LogP contribution in [0.1, 0.15) is 15.5 Å². The highest BCUT2D eigenvalue weighted by Gasteiger charge is 2.17. The third-order valence-corrected chi connectivity index (χ3v) is 5.06. The Morgan fingerprint density at radius 1 is 1.22 bits per heavy atom. The van der Waals surface area contributed by atoms with Crippen molar-refractivity contribution in [2.75, 3.05) is 36.5 Å². The summed E-state index contributed by atoms with van der Waals surface area (Å²) < 4.78 is 5.37. The van der Waals surface area contributed by atoms with Gasteiger partial charge >= 0.3 is 0 Å². The summed E-state index contributed by atoms with van der Waals surface area (Å²) in [5, 5.41) is 5.93. The van der Waals surface area contributed by atoms with Crippen molar-refractivity contribution in [2.45, 2.75) is 6.92 Å². The number of carbonyl (C=O) groups is 1. The number of aryl methyl sites for hydroxylation is 1. The van der Waals surface area contributed by atoms with E-state index in [9.17, 15) is 4.79 Å². The Morgan fingerprint density at radius 2 is 2.04 bits per heavy atom. The molecule has 0 spiro atoms. The van der Waals surface area contributed by atoms with E-state index in [1.54, 1.807) is 17.4 Å². The zero-order valence-corrected chi connectivity index (χ0v) is 15.7. The number of para-hydroxylation sites is 1. The second-order valence-electron chi connectivity index (χ2n) is 6.11. The predicted molar refractivity (Wildman–Crippen MR) is 105 cm³/mol. The van der Waals surface area contributed by atoms with Gasteiger partial charge in [0, 0.05) is 30.1 Å². The van der Waals surface area contributed by atoms with E-state index >= 15 is 0 Å². The molecule has 1 aliphatic heterocycles. The number of hydrogen-bond acceptors (Lipinski definition) is 7. The molecule has 3 aromatic rings. The van der Waals surface area contributed by atoms with Gasteiger partial charge in [0.25, 0.3) is 5.91 Å². The first-order chi connectivity index (χ1) is 13.2. The zero-order valence-electron chi connectivity index (χ0n) is 14.9. The number of hydrogen-bond donors (Lipinski definition) is 1. The van der Waals surface area contributed by atoms with E-state index in [0.717, 1.165) is 35.2 Å². The van der Waals surface area contributed by atoms with Gasteiger partial charge in [-0.3, -0.25) is 4.79 Å². The number of benzene rings is 1. The Labute approximate surface area is 161 Å². The monoisotopic (exact) mass is 381 g/mol. The third kappa shape index (κ3) is 3.96. The van der Waals surface area contributed by atoms with Gasteiger partial charge < -0.3 is 15.0 Å². The Kier molecular flexibility index (Phi) is 5.08. The third-order valence-electron chi connectivity index (χ3n) is 4.29. The summed E-state index contributed by atoms with van der Waals surface area (Å²) in [5.41, 5.74) is 2.78. The molecule has 1 amide bonds. The highest BCUT2D eigenvalue weighted by atomic mass is 32.1. The van der Waals surface area contributed by atoms with Crippen LogP contribution in [0.15, 0.2) is 42.0 Å². The summed E-state index contributed by atoms with van der Waals surface area (Å²) >= 11 is 1.58. The average Bonchev–Trinajstić information content (AvgIpc) is 3.15. The van der Waals surface area contributed by atoms with Crippen LogP contribution in [-0.2, 0) is 4.74 Å². The minimum atomic E-state index is -0.272. The standard InChI is InChI=1S/C19H19N5O2S/c1-13-22-17(11-27-13)14-4-2-3-5-15(14)23-19(25)16-10-18(21-12-20-16)24-6-8-26-9-7-24/h2-5,10-12H,6-9H2,1H3,(H,23,25). The maximum atomic E-state index is 12.8. The fourth-order valence-corrected chi connectivity index (χ4v) is 3.54. The molecule has 0 radical (unpaired) electrons. The van der Waals surface area contributed by atoms with Gasteiger partial charge in [-0.05, 0) is 13.0 Å². The van der Waals surface area contributed by atoms with E-state index in [-0.39, 0.29) is 5.91 Å². The Bertz CT molecular complexity index is 953. The molecule has 0 bridgehead atoms. The van der Waals surface area contributed by atoms with Crippen LogP contribution >= 0.6 is 11.3 Å². The lowest BCUT2D eigenvalue weighted by atomic mass is 10.1. The van der Waals surface area contributed by atoms with E-state index in [2.05, 4.69) is 25.2 Å². The summed E-state index contributed by atoms with van der Waals surface area (Å²) in [4.78, 5) is 27.8. The van der Waals surface area contributed by atoms with Crippen LogP contribution in [0.3, 0.4) is 0 Å². The Balaban J connectivity index is 1.56. The van der Waals surface area contributed by atoms with Crippen LogP contribution < -0.4 is 10.2 Å². The number of nitrogens with zero attached hydrogens (tertiary/aromatic N) is 4. The molecular weight excluding hydrogens is 362 g/mol. The molecule has 2 aromatic heterocycles. The van der Waals surface area contributed by atoms with Crippen molar-refractivity contribution in [1.82, 2.24) is 15.0 Å². The van der Waals surface area contributed by atoms with Gasteiger partial charge in [-0.2, -0.15) is 0 Å². The van der Waals surface area contributed by atoms with Crippen molar-refractivity contribution in [1.29, 1.82) is 0 Å². The van der Waals surface area contributed by atoms with Gasteiger partial charge in [-0.15, -0.1) is 11.3 Å². The van der Waals surface area contributed by atoms with Crippen LogP contribution in [0.25, 0.3) is 11.3 Å². The van der Waals surface area contributed by atoms with Crippen LogP contribution in [0.2, 0.25) is 0 Å². The molecule has 0 saturated carbocycles. The summed E-state index contributed by atoms with van der Waals surface area (Å²) in [5.74, 6) is 0.466. The van der Waals surface area contributed by atoms with E-state index in [0.29, 0.717) is 24.6 Å². The molecule has 1 N–H and O–H groups in total. The fraction of sp³-hybridized carbons (Fsp3) is 0.263. The highest BCUT2D eigenvalue weighted by molar-refractivity contribution is 7.09. The van der Waals surface area contributed by atoms with E-state index in [4.69, 9.17) is 4.74 Å². The second kappa shape index (κ2) is 7.81. The second-order valence-corrected chi connectivity index (χ2v) is 7.17. The van der Waals surface area contributed by atoms with E-state index < -0.39 is 0 Å². The maximum Gasteiger partial charge on any atom is 0.274 e. The van der Waals surface area contributed by atoms with Crippen LogP contribution in [0.5, 0.6) is 0 Å². The highest BCUT2D eigenvalue weighted by Crippen LogP contribution is 2.29. The minimum absolute atomic E-state index is 0.272.